The average molecular weight is 363 g/mol. The zero-order chi connectivity index (χ0) is 18.9. The van der Waals surface area contributed by atoms with Gasteiger partial charge in [-0.15, -0.1) is 0 Å². The Balaban J connectivity index is 1.48. The van der Waals surface area contributed by atoms with Crippen LogP contribution < -0.4 is 0 Å². The van der Waals surface area contributed by atoms with E-state index in [9.17, 15) is 14.4 Å². The zero-order valence-corrected chi connectivity index (χ0v) is 14.7. The number of nitrogens with zero attached hydrogens (tertiary/aromatic N) is 5. The molecule has 0 spiro atoms. The Bertz CT molecular complexity index is 1010. The average Bonchev–Trinajstić information content (AvgIpc) is 3.14. The second kappa shape index (κ2) is 6.80. The molecule has 136 valence electrons. The molecule has 1 fully saturated rings. The number of carbonyl (C=O) groups excluding carboxylic acids is 1. The third-order valence-electron chi connectivity index (χ3n) is 5.21. The molecule has 1 amide bonds. The van der Waals surface area contributed by atoms with Gasteiger partial charge in [0, 0.05) is 25.5 Å². The van der Waals surface area contributed by atoms with Gasteiger partial charge < -0.3 is 4.90 Å². The Labute approximate surface area is 155 Å². The summed E-state index contributed by atoms with van der Waals surface area (Å²) < 4.78 is 14.7. The highest BCUT2D eigenvalue weighted by molar-refractivity contribution is 5.99. The number of nitriles is 1. The number of rotatable bonds is 3. The van der Waals surface area contributed by atoms with Gasteiger partial charge in [-0.2, -0.15) is 10.4 Å². The highest BCUT2D eigenvalue weighted by atomic mass is 19.1. The van der Waals surface area contributed by atoms with E-state index in [1.165, 1.54) is 18.3 Å². The third-order valence-corrected chi connectivity index (χ3v) is 5.21. The molecule has 2 aromatic heterocycles. The van der Waals surface area contributed by atoms with Crippen LogP contribution in [0.25, 0.3) is 5.65 Å². The first-order valence-corrected chi connectivity index (χ1v) is 8.84. The van der Waals surface area contributed by atoms with E-state index in [-0.39, 0.29) is 11.7 Å². The minimum Gasteiger partial charge on any atom is -0.338 e. The molecule has 4 rings (SSSR count). The molecule has 1 aliphatic rings. The van der Waals surface area contributed by atoms with Gasteiger partial charge in [-0.05, 0) is 43.0 Å². The van der Waals surface area contributed by atoms with Crippen molar-refractivity contribution in [2.24, 2.45) is 5.41 Å². The van der Waals surface area contributed by atoms with Crippen LogP contribution in [0.4, 0.5) is 4.39 Å². The van der Waals surface area contributed by atoms with Crippen molar-refractivity contribution in [1.29, 1.82) is 5.26 Å². The highest BCUT2D eigenvalue weighted by Crippen LogP contribution is 2.35. The van der Waals surface area contributed by atoms with Crippen LogP contribution >= 0.6 is 0 Å². The Morgan fingerprint density at radius 3 is 2.70 bits per heavy atom. The van der Waals surface area contributed by atoms with E-state index in [1.807, 2.05) is 0 Å². The molecule has 7 heteroatoms. The molecule has 3 aromatic rings. The summed E-state index contributed by atoms with van der Waals surface area (Å²) in [6.45, 7) is 0.996. The number of aromatic nitrogens is 3. The van der Waals surface area contributed by atoms with E-state index in [1.54, 1.807) is 40.0 Å². The molecule has 0 atom stereocenters. The van der Waals surface area contributed by atoms with E-state index >= 15 is 0 Å². The number of piperidine rings is 1. The van der Waals surface area contributed by atoms with Crippen molar-refractivity contribution in [1.82, 2.24) is 19.5 Å². The Morgan fingerprint density at radius 1 is 1.26 bits per heavy atom. The maximum Gasteiger partial charge on any atom is 0.259 e. The Hall–Kier alpha value is -3.27. The number of likely N-dealkylation sites (tertiary alicyclic amines) is 1. The summed E-state index contributed by atoms with van der Waals surface area (Å²) >= 11 is 0. The van der Waals surface area contributed by atoms with Gasteiger partial charge in [0.05, 0.1) is 17.7 Å². The van der Waals surface area contributed by atoms with E-state index in [2.05, 4.69) is 16.2 Å². The van der Waals surface area contributed by atoms with E-state index in [4.69, 9.17) is 0 Å². The van der Waals surface area contributed by atoms with Gasteiger partial charge in [-0.25, -0.2) is 13.9 Å². The molecule has 0 radical (unpaired) electrons. The fraction of sp³-hybridized carbons (Fsp3) is 0.300. The SMILES string of the molecule is N#CC1(Cc2ccc(F)cc2)CCN(C(=O)c2cnn3cccnc23)CC1. The van der Waals surface area contributed by atoms with E-state index in [0.29, 0.717) is 43.6 Å². The van der Waals surface area contributed by atoms with E-state index < -0.39 is 5.41 Å². The van der Waals surface area contributed by atoms with Crippen LogP contribution in [0, 0.1) is 22.6 Å². The number of hydrogen-bond acceptors (Lipinski definition) is 4. The highest BCUT2D eigenvalue weighted by Gasteiger charge is 2.37. The summed E-state index contributed by atoms with van der Waals surface area (Å²) in [5.74, 6) is -0.399. The van der Waals surface area contributed by atoms with Crippen LogP contribution in [-0.4, -0.2) is 38.5 Å². The Kier molecular flexibility index (Phi) is 4.32. The van der Waals surface area contributed by atoms with Crippen molar-refractivity contribution < 1.29 is 9.18 Å². The maximum atomic E-state index is 13.1. The lowest BCUT2D eigenvalue weighted by Crippen LogP contribution is -2.43. The molecule has 27 heavy (non-hydrogen) atoms. The first kappa shape index (κ1) is 17.2. The molecule has 1 aromatic carbocycles. The molecule has 3 heterocycles. The number of halogens is 1. The number of hydrogen-bond donors (Lipinski definition) is 0. The maximum absolute atomic E-state index is 13.1. The standard InChI is InChI=1S/C20H18FN5O/c21-16-4-2-15(3-5-16)12-20(14-22)6-10-25(11-7-20)19(27)17-13-24-26-9-1-8-23-18(17)26/h1-5,8-9,13H,6-7,10-12H2. The summed E-state index contributed by atoms with van der Waals surface area (Å²) in [6.07, 6.45) is 6.64. The molecular formula is C20H18FN5O. The lowest BCUT2D eigenvalue weighted by Gasteiger charge is -2.37. The predicted molar refractivity (Wildman–Crippen MR) is 96.3 cm³/mol. The summed E-state index contributed by atoms with van der Waals surface area (Å²) in [6, 6.07) is 10.5. The fourth-order valence-electron chi connectivity index (χ4n) is 3.61. The van der Waals surface area contributed by atoms with Crippen molar-refractivity contribution in [3.63, 3.8) is 0 Å². The Morgan fingerprint density at radius 2 is 2.00 bits per heavy atom. The largest absolute Gasteiger partial charge is 0.338 e. The van der Waals surface area contributed by atoms with Crippen molar-refractivity contribution in [2.75, 3.05) is 13.1 Å². The molecule has 0 unspecified atom stereocenters. The number of carbonyl (C=O) groups is 1. The minimum atomic E-state index is -0.534. The van der Waals surface area contributed by atoms with Gasteiger partial charge in [-0.1, -0.05) is 12.1 Å². The molecule has 6 nitrogen and oxygen atoms in total. The van der Waals surface area contributed by atoms with Crippen molar-refractivity contribution >= 4 is 11.6 Å². The monoisotopic (exact) mass is 363 g/mol. The fourth-order valence-corrected chi connectivity index (χ4v) is 3.61. The van der Waals surface area contributed by atoms with E-state index in [0.717, 1.165) is 5.56 Å². The smallest absolute Gasteiger partial charge is 0.259 e. The topological polar surface area (TPSA) is 74.3 Å². The van der Waals surface area contributed by atoms with Crippen LogP contribution in [-0.2, 0) is 6.42 Å². The first-order chi connectivity index (χ1) is 13.1. The molecule has 0 aliphatic carbocycles. The van der Waals surface area contributed by atoms with Crippen molar-refractivity contribution in [2.45, 2.75) is 19.3 Å². The van der Waals surface area contributed by atoms with Crippen LogP contribution in [0.2, 0.25) is 0 Å². The number of amides is 1. The van der Waals surface area contributed by atoms with Crippen LogP contribution in [0.15, 0.2) is 48.9 Å². The normalized spacial score (nSPS) is 16.2. The van der Waals surface area contributed by atoms with Gasteiger partial charge in [0.2, 0.25) is 0 Å². The lowest BCUT2D eigenvalue weighted by molar-refractivity contribution is 0.0649. The van der Waals surface area contributed by atoms with Crippen LogP contribution in [0.3, 0.4) is 0 Å². The van der Waals surface area contributed by atoms with Gasteiger partial charge in [-0.3, -0.25) is 4.79 Å². The molecule has 1 saturated heterocycles. The zero-order valence-electron chi connectivity index (χ0n) is 14.7. The van der Waals surface area contributed by atoms with Crippen LogP contribution in [0.5, 0.6) is 0 Å². The first-order valence-electron chi connectivity index (χ1n) is 8.84. The summed E-state index contributed by atoms with van der Waals surface area (Å²) in [4.78, 5) is 18.9. The van der Waals surface area contributed by atoms with Crippen LogP contribution in [0.1, 0.15) is 28.8 Å². The van der Waals surface area contributed by atoms with Gasteiger partial charge in [0.25, 0.3) is 5.91 Å². The second-order valence-electron chi connectivity index (χ2n) is 6.93. The second-order valence-corrected chi connectivity index (χ2v) is 6.93. The van der Waals surface area contributed by atoms with Crippen molar-refractivity contribution in [3.8, 4) is 6.07 Å². The summed E-state index contributed by atoms with van der Waals surface area (Å²) in [5, 5.41) is 13.9. The molecule has 0 bridgehead atoms. The lowest BCUT2D eigenvalue weighted by atomic mass is 9.75. The predicted octanol–water partition coefficient (Wildman–Crippen LogP) is 2.86. The number of benzene rings is 1. The summed E-state index contributed by atoms with van der Waals surface area (Å²) in [5.41, 5.74) is 1.41. The van der Waals surface area contributed by atoms with Gasteiger partial charge in [0.1, 0.15) is 11.4 Å². The van der Waals surface area contributed by atoms with Gasteiger partial charge >= 0.3 is 0 Å². The molecular weight excluding hydrogens is 345 g/mol. The van der Waals surface area contributed by atoms with Crippen molar-refractivity contribution in [3.05, 3.63) is 65.9 Å². The molecule has 0 N–H and O–H groups in total. The molecule has 0 saturated carbocycles. The quantitative estimate of drug-likeness (QED) is 0.717. The van der Waals surface area contributed by atoms with Gasteiger partial charge in [0.15, 0.2) is 5.65 Å². The minimum absolute atomic E-state index is 0.114. The number of fused-ring (bicyclic) bond motifs is 1. The summed E-state index contributed by atoms with van der Waals surface area (Å²) in [7, 11) is 0. The third kappa shape index (κ3) is 3.26. The molecule has 1 aliphatic heterocycles.